The van der Waals surface area contributed by atoms with Crippen molar-refractivity contribution in [2.75, 3.05) is 20.2 Å². The lowest BCUT2D eigenvalue weighted by atomic mass is 10.1. The number of phenols is 1. The van der Waals surface area contributed by atoms with E-state index in [4.69, 9.17) is 4.74 Å². The zero-order valence-corrected chi connectivity index (χ0v) is 10.9. The molecule has 0 aliphatic rings. The Morgan fingerprint density at radius 3 is 2.74 bits per heavy atom. The van der Waals surface area contributed by atoms with Crippen molar-refractivity contribution in [2.24, 2.45) is 0 Å². The number of aromatic hydroxyl groups is 1. The molecule has 0 atom stereocenters. The van der Waals surface area contributed by atoms with Gasteiger partial charge >= 0.3 is 5.97 Å². The van der Waals surface area contributed by atoms with E-state index in [2.05, 4.69) is 0 Å². The highest BCUT2D eigenvalue weighted by molar-refractivity contribution is 5.96. The Hall–Kier alpha value is -2.11. The van der Waals surface area contributed by atoms with Gasteiger partial charge in [-0.15, -0.1) is 0 Å². The number of carbonyl (C=O) groups is 2. The molecule has 0 spiro atoms. The molecule has 1 amide bonds. The number of esters is 1. The van der Waals surface area contributed by atoms with Crippen LogP contribution in [0.3, 0.4) is 0 Å². The number of phenolic OH excluding ortho intramolecular Hbond substituents is 1. The Morgan fingerprint density at radius 1 is 1.42 bits per heavy atom. The summed E-state index contributed by atoms with van der Waals surface area (Å²) in [6.45, 7) is 2.10. The minimum atomic E-state index is -0.611. The third-order valence-electron chi connectivity index (χ3n) is 2.49. The van der Waals surface area contributed by atoms with Crippen LogP contribution in [-0.4, -0.2) is 42.1 Å². The molecule has 1 aromatic carbocycles. The molecule has 1 aromatic rings. The molecule has 0 aliphatic heterocycles. The number of rotatable bonds is 5. The SMILES string of the molecule is CCOC(=O)CCN(C)C(=O)c1cc(F)ccc1O. The molecule has 0 fully saturated rings. The van der Waals surface area contributed by atoms with Gasteiger partial charge in [0.2, 0.25) is 0 Å². The summed E-state index contributed by atoms with van der Waals surface area (Å²) < 4.78 is 17.8. The molecule has 1 N–H and O–H groups in total. The van der Waals surface area contributed by atoms with Gasteiger partial charge in [0, 0.05) is 13.6 Å². The van der Waals surface area contributed by atoms with Crippen molar-refractivity contribution in [3.63, 3.8) is 0 Å². The first-order chi connectivity index (χ1) is 8.95. The van der Waals surface area contributed by atoms with Gasteiger partial charge in [-0.05, 0) is 25.1 Å². The lowest BCUT2D eigenvalue weighted by Gasteiger charge is -2.17. The first-order valence-electron chi connectivity index (χ1n) is 5.85. The van der Waals surface area contributed by atoms with Crippen molar-refractivity contribution in [3.8, 4) is 5.75 Å². The van der Waals surface area contributed by atoms with E-state index in [0.29, 0.717) is 0 Å². The van der Waals surface area contributed by atoms with Gasteiger partial charge in [0.05, 0.1) is 18.6 Å². The van der Waals surface area contributed by atoms with Crippen LogP contribution in [-0.2, 0) is 9.53 Å². The number of halogens is 1. The van der Waals surface area contributed by atoms with E-state index in [1.165, 1.54) is 11.9 Å². The van der Waals surface area contributed by atoms with Crippen LogP contribution in [0.4, 0.5) is 4.39 Å². The summed E-state index contributed by atoms with van der Waals surface area (Å²) in [6, 6.07) is 3.13. The Labute approximate surface area is 110 Å². The van der Waals surface area contributed by atoms with Gasteiger partial charge in [-0.2, -0.15) is 0 Å². The highest BCUT2D eigenvalue weighted by Crippen LogP contribution is 2.19. The van der Waals surface area contributed by atoms with Gasteiger partial charge in [-0.25, -0.2) is 4.39 Å². The van der Waals surface area contributed by atoms with E-state index in [1.807, 2.05) is 0 Å². The Bertz CT molecular complexity index is 476. The van der Waals surface area contributed by atoms with E-state index in [1.54, 1.807) is 6.92 Å². The van der Waals surface area contributed by atoms with Crippen molar-refractivity contribution in [3.05, 3.63) is 29.6 Å². The first-order valence-corrected chi connectivity index (χ1v) is 5.85. The van der Waals surface area contributed by atoms with Crippen molar-refractivity contribution in [1.82, 2.24) is 4.90 Å². The minimum absolute atomic E-state index is 0.0478. The molecular formula is C13H16FNO4. The molecule has 6 heteroatoms. The standard InChI is InChI=1S/C13H16FNO4/c1-3-19-12(17)6-7-15(2)13(18)10-8-9(14)4-5-11(10)16/h4-5,8,16H,3,6-7H2,1-2H3. The van der Waals surface area contributed by atoms with Gasteiger partial charge < -0.3 is 14.7 Å². The summed E-state index contributed by atoms with van der Waals surface area (Å²) in [4.78, 5) is 24.3. The fourth-order valence-corrected chi connectivity index (χ4v) is 1.48. The first kappa shape index (κ1) is 14.9. The predicted octanol–water partition coefficient (Wildman–Crippen LogP) is 1.56. The number of benzene rings is 1. The molecule has 0 bridgehead atoms. The smallest absolute Gasteiger partial charge is 0.307 e. The number of nitrogens with zero attached hydrogens (tertiary/aromatic N) is 1. The molecule has 1 rings (SSSR count). The van der Waals surface area contributed by atoms with Crippen LogP contribution in [0, 0.1) is 5.82 Å². The minimum Gasteiger partial charge on any atom is -0.507 e. The van der Waals surface area contributed by atoms with E-state index >= 15 is 0 Å². The monoisotopic (exact) mass is 269 g/mol. The molecular weight excluding hydrogens is 253 g/mol. The fraction of sp³-hybridized carbons (Fsp3) is 0.385. The maximum atomic E-state index is 13.0. The number of hydrogen-bond donors (Lipinski definition) is 1. The third kappa shape index (κ3) is 4.24. The summed E-state index contributed by atoms with van der Waals surface area (Å²) in [6.07, 6.45) is 0.0478. The van der Waals surface area contributed by atoms with E-state index in [-0.39, 0.29) is 30.9 Å². The highest BCUT2D eigenvalue weighted by Gasteiger charge is 2.17. The fourth-order valence-electron chi connectivity index (χ4n) is 1.48. The predicted molar refractivity (Wildman–Crippen MR) is 66.3 cm³/mol. The van der Waals surface area contributed by atoms with Crippen molar-refractivity contribution in [1.29, 1.82) is 0 Å². The van der Waals surface area contributed by atoms with Crippen molar-refractivity contribution < 1.29 is 23.8 Å². The molecule has 0 saturated heterocycles. The summed E-state index contributed by atoms with van der Waals surface area (Å²) in [5.41, 5.74) is -0.133. The summed E-state index contributed by atoms with van der Waals surface area (Å²) in [7, 11) is 1.46. The van der Waals surface area contributed by atoms with Gasteiger partial charge in [0.15, 0.2) is 0 Å². The molecule has 0 heterocycles. The molecule has 0 aromatic heterocycles. The number of carbonyl (C=O) groups excluding carboxylic acids is 2. The molecule has 19 heavy (non-hydrogen) atoms. The van der Waals surface area contributed by atoms with Gasteiger partial charge in [0.1, 0.15) is 11.6 Å². The van der Waals surface area contributed by atoms with E-state index in [0.717, 1.165) is 18.2 Å². The van der Waals surface area contributed by atoms with Crippen LogP contribution in [0.15, 0.2) is 18.2 Å². The second-order valence-electron chi connectivity index (χ2n) is 3.94. The zero-order chi connectivity index (χ0) is 14.4. The normalized spacial score (nSPS) is 10.1. The van der Waals surface area contributed by atoms with Gasteiger partial charge in [-0.1, -0.05) is 0 Å². The van der Waals surface area contributed by atoms with Crippen molar-refractivity contribution >= 4 is 11.9 Å². The van der Waals surface area contributed by atoms with Crippen LogP contribution < -0.4 is 0 Å². The topological polar surface area (TPSA) is 66.8 Å². The Kier molecular flexibility index (Phi) is 5.29. The molecule has 0 unspecified atom stereocenters. The third-order valence-corrected chi connectivity index (χ3v) is 2.49. The van der Waals surface area contributed by atoms with Crippen LogP contribution in [0.5, 0.6) is 5.75 Å². The summed E-state index contributed by atoms with van der Waals surface area (Å²) in [5, 5.41) is 9.51. The van der Waals surface area contributed by atoms with Crippen LogP contribution in [0.2, 0.25) is 0 Å². The van der Waals surface area contributed by atoms with E-state index in [9.17, 15) is 19.1 Å². The largest absolute Gasteiger partial charge is 0.507 e. The quantitative estimate of drug-likeness (QED) is 0.824. The van der Waals surface area contributed by atoms with Crippen molar-refractivity contribution in [2.45, 2.75) is 13.3 Å². The maximum Gasteiger partial charge on any atom is 0.307 e. The van der Waals surface area contributed by atoms with Gasteiger partial charge in [0.25, 0.3) is 5.91 Å². The van der Waals surface area contributed by atoms with Gasteiger partial charge in [-0.3, -0.25) is 9.59 Å². The number of ether oxygens (including phenoxy) is 1. The average Bonchev–Trinajstić information content (AvgIpc) is 2.38. The second kappa shape index (κ2) is 6.72. The molecule has 104 valence electrons. The maximum absolute atomic E-state index is 13.0. The second-order valence-corrected chi connectivity index (χ2v) is 3.94. The Balaban J connectivity index is 2.66. The summed E-state index contributed by atoms with van der Waals surface area (Å²) in [5.74, 6) is -1.87. The molecule has 0 radical (unpaired) electrons. The van der Waals surface area contributed by atoms with Crippen LogP contribution >= 0.6 is 0 Å². The highest BCUT2D eigenvalue weighted by atomic mass is 19.1. The summed E-state index contributed by atoms with van der Waals surface area (Å²) >= 11 is 0. The average molecular weight is 269 g/mol. The lowest BCUT2D eigenvalue weighted by Crippen LogP contribution is -2.29. The molecule has 0 aliphatic carbocycles. The number of amides is 1. The number of hydrogen-bond acceptors (Lipinski definition) is 4. The molecule has 0 saturated carbocycles. The van der Waals surface area contributed by atoms with Crippen LogP contribution in [0.25, 0.3) is 0 Å². The lowest BCUT2D eigenvalue weighted by molar-refractivity contribution is -0.143. The molecule has 5 nitrogen and oxygen atoms in total. The zero-order valence-electron chi connectivity index (χ0n) is 10.9. The Morgan fingerprint density at radius 2 is 2.11 bits per heavy atom. The van der Waals surface area contributed by atoms with E-state index < -0.39 is 17.7 Å². The van der Waals surface area contributed by atoms with Crippen LogP contribution in [0.1, 0.15) is 23.7 Å².